The first kappa shape index (κ1) is 16.1. The van der Waals surface area contributed by atoms with Crippen molar-refractivity contribution in [2.24, 2.45) is 0 Å². The standard InChI is InChI=1S/C15H15BrFNO2S/c16-13-8-9-15(14(17)11-13)21(19,20)18-10-4-7-12-5-2-1-3-6-12/h1-3,5-6,8-9,11,18H,4,7,10H2. The fraction of sp³-hybridized carbons (Fsp3) is 0.200. The van der Waals surface area contributed by atoms with Crippen molar-refractivity contribution in [3.05, 3.63) is 64.4 Å². The summed E-state index contributed by atoms with van der Waals surface area (Å²) in [7, 11) is -3.81. The van der Waals surface area contributed by atoms with Crippen LogP contribution in [0.25, 0.3) is 0 Å². The van der Waals surface area contributed by atoms with E-state index < -0.39 is 15.8 Å². The highest BCUT2D eigenvalue weighted by Gasteiger charge is 2.18. The molecule has 0 saturated carbocycles. The van der Waals surface area contributed by atoms with E-state index in [0.29, 0.717) is 10.9 Å². The summed E-state index contributed by atoms with van der Waals surface area (Å²) in [6.45, 7) is 0.271. The highest BCUT2D eigenvalue weighted by molar-refractivity contribution is 9.10. The zero-order valence-corrected chi connectivity index (χ0v) is 13.6. The van der Waals surface area contributed by atoms with Crippen LogP contribution in [0, 0.1) is 5.82 Å². The highest BCUT2D eigenvalue weighted by atomic mass is 79.9. The topological polar surface area (TPSA) is 46.2 Å². The van der Waals surface area contributed by atoms with Crippen LogP contribution in [0.4, 0.5) is 4.39 Å². The molecule has 2 aromatic carbocycles. The zero-order valence-electron chi connectivity index (χ0n) is 11.2. The minimum absolute atomic E-state index is 0.271. The van der Waals surface area contributed by atoms with Crippen molar-refractivity contribution in [3.63, 3.8) is 0 Å². The lowest BCUT2D eigenvalue weighted by atomic mass is 10.1. The fourth-order valence-corrected chi connectivity index (χ4v) is 3.38. The number of hydrogen-bond donors (Lipinski definition) is 1. The van der Waals surface area contributed by atoms with Gasteiger partial charge in [-0.05, 0) is 36.6 Å². The first-order chi connectivity index (χ1) is 9.99. The van der Waals surface area contributed by atoms with Crippen LogP contribution in [0.2, 0.25) is 0 Å². The normalized spacial score (nSPS) is 11.5. The van der Waals surface area contributed by atoms with Crippen LogP contribution in [0.1, 0.15) is 12.0 Å². The van der Waals surface area contributed by atoms with Gasteiger partial charge in [-0.25, -0.2) is 17.5 Å². The van der Waals surface area contributed by atoms with Gasteiger partial charge in [0.05, 0.1) is 0 Å². The average molecular weight is 372 g/mol. The van der Waals surface area contributed by atoms with Gasteiger partial charge >= 0.3 is 0 Å². The predicted molar refractivity (Wildman–Crippen MR) is 84.1 cm³/mol. The van der Waals surface area contributed by atoms with E-state index >= 15 is 0 Å². The van der Waals surface area contributed by atoms with Gasteiger partial charge in [-0.1, -0.05) is 46.3 Å². The Morgan fingerprint density at radius 3 is 2.48 bits per heavy atom. The summed E-state index contributed by atoms with van der Waals surface area (Å²) in [4.78, 5) is -0.328. The molecule has 0 aliphatic heterocycles. The third-order valence-electron chi connectivity index (χ3n) is 2.96. The van der Waals surface area contributed by atoms with Crippen LogP contribution < -0.4 is 4.72 Å². The Morgan fingerprint density at radius 2 is 1.81 bits per heavy atom. The quantitative estimate of drug-likeness (QED) is 0.789. The van der Waals surface area contributed by atoms with Crippen molar-refractivity contribution in [2.75, 3.05) is 6.54 Å². The Labute approximate surface area is 132 Å². The van der Waals surface area contributed by atoms with E-state index in [0.717, 1.165) is 18.1 Å². The van der Waals surface area contributed by atoms with E-state index in [1.54, 1.807) is 0 Å². The minimum atomic E-state index is -3.81. The van der Waals surface area contributed by atoms with Gasteiger partial charge in [-0.15, -0.1) is 0 Å². The molecule has 0 spiro atoms. The van der Waals surface area contributed by atoms with Crippen molar-refractivity contribution in [3.8, 4) is 0 Å². The van der Waals surface area contributed by atoms with Crippen LogP contribution in [0.5, 0.6) is 0 Å². The SMILES string of the molecule is O=S(=O)(NCCCc1ccccc1)c1ccc(Br)cc1F. The molecule has 0 aliphatic carbocycles. The van der Waals surface area contributed by atoms with Gasteiger partial charge in [0.1, 0.15) is 10.7 Å². The monoisotopic (exact) mass is 371 g/mol. The second kappa shape index (κ2) is 7.15. The summed E-state index contributed by atoms with van der Waals surface area (Å²) in [5.41, 5.74) is 1.14. The maximum Gasteiger partial charge on any atom is 0.243 e. The molecular weight excluding hydrogens is 357 g/mol. The number of rotatable bonds is 6. The molecule has 21 heavy (non-hydrogen) atoms. The molecule has 0 amide bonds. The van der Waals surface area contributed by atoms with E-state index in [1.807, 2.05) is 30.3 Å². The molecular formula is C15H15BrFNO2S. The Hall–Kier alpha value is -1.24. The molecule has 0 unspecified atom stereocenters. The molecule has 6 heteroatoms. The summed E-state index contributed by atoms with van der Waals surface area (Å²) in [6.07, 6.45) is 1.42. The minimum Gasteiger partial charge on any atom is -0.211 e. The number of halogens is 2. The predicted octanol–water partition coefficient (Wildman–Crippen LogP) is 3.50. The van der Waals surface area contributed by atoms with Crippen molar-refractivity contribution < 1.29 is 12.8 Å². The van der Waals surface area contributed by atoms with E-state index in [4.69, 9.17) is 0 Å². The van der Waals surface area contributed by atoms with E-state index in [2.05, 4.69) is 20.7 Å². The first-order valence-electron chi connectivity index (χ1n) is 6.48. The number of benzene rings is 2. The number of sulfonamides is 1. The first-order valence-corrected chi connectivity index (χ1v) is 8.75. The molecule has 1 N–H and O–H groups in total. The summed E-state index contributed by atoms with van der Waals surface area (Å²) in [6, 6.07) is 13.7. The van der Waals surface area contributed by atoms with E-state index in [9.17, 15) is 12.8 Å². The number of hydrogen-bond acceptors (Lipinski definition) is 2. The molecule has 3 nitrogen and oxygen atoms in total. The second-order valence-electron chi connectivity index (χ2n) is 4.56. The van der Waals surface area contributed by atoms with Gasteiger partial charge < -0.3 is 0 Å². The van der Waals surface area contributed by atoms with Gasteiger partial charge in [0.25, 0.3) is 0 Å². The van der Waals surface area contributed by atoms with Crippen LogP contribution in [0.3, 0.4) is 0 Å². The highest BCUT2D eigenvalue weighted by Crippen LogP contribution is 2.19. The van der Waals surface area contributed by atoms with Crippen molar-refractivity contribution >= 4 is 26.0 Å². The fourth-order valence-electron chi connectivity index (χ4n) is 1.91. The third kappa shape index (κ3) is 4.62. The summed E-state index contributed by atoms with van der Waals surface area (Å²) in [5, 5.41) is 0. The second-order valence-corrected chi connectivity index (χ2v) is 7.21. The van der Waals surface area contributed by atoms with Crippen LogP contribution in [-0.4, -0.2) is 15.0 Å². The molecule has 0 heterocycles. The van der Waals surface area contributed by atoms with Crippen molar-refractivity contribution in [1.82, 2.24) is 4.72 Å². The van der Waals surface area contributed by atoms with Gasteiger partial charge in [0, 0.05) is 11.0 Å². The summed E-state index contributed by atoms with van der Waals surface area (Å²) < 4.78 is 40.6. The lowest BCUT2D eigenvalue weighted by Gasteiger charge is -2.08. The molecule has 0 bridgehead atoms. The van der Waals surface area contributed by atoms with Crippen molar-refractivity contribution in [2.45, 2.75) is 17.7 Å². The number of nitrogens with one attached hydrogen (secondary N) is 1. The summed E-state index contributed by atoms with van der Waals surface area (Å²) in [5.74, 6) is -0.764. The Morgan fingerprint density at radius 1 is 1.10 bits per heavy atom. The Bertz CT molecular complexity index is 705. The molecule has 2 rings (SSSR count). The Balaban J connectivity index is 1.92. The van der Waals surface area contributed by atoms with Crippen molar-refractivity contribution in [1.29, 1.82) is 0 Å². The molecule has 0 aromatic heterocycles. The zero-order chi connectivity index (χ0) is 15.3. The molecule has 112 valence electrons. The largest absolute Gasteiger partial charge is 0.243 e. The van der Waals surface area contributed by atoms with E-state index in [1.165, 1.54) is 12.1 Å². The lowest BCUT2D eigenvalue weighted by molar-refractivity contribution is 0.555. The molecule has 0 saturated heterocycles. The van der Waals surface area contributed by atoms with Gasteiger partial charge in [-0.2, -0.15) is 0 Å². The Kier molecular flexibility index (Phi) is 5.50. The molecule has 0 radical (unpaired) electrons. The maximum absolute atomic E-state index is 13.7. The molecule has 2 aromatic rings. The third-order valence-corrected chi connectivity index (χ3v) is 4.95. The molecule has 0 aliphatic rings. The average Bonchev–Trinajstić information content (AvgIpc) is 2.44. The van der Waals surface area contributed by atoms with Crippen LogP contribution in [0.15, 0.2) is 57.9 Å². The molecule has 0 atom stereocenters. The number of aryl methyl sites for hydroxylation is 1. The van der Waals surface area contributed by atoms with Crippen LogP contribution >= 0.6 is 15.9 Å². The smallest absolute Gasteiger partial charge is 0.211 e. The van der Waals surface area contributed by atoms with Crippen LogP contribution in [-0.2, 0) is 16.4 Å². The van der Waals surface area contributed by atoms with Gasteiger partial charge in [0.15, 0.2) is 0 Å². The lowest BCUT2D eigenvalue weighted by Crippen LogP contribution is -2.26. The maximum atomic E-state index is 13.7. The van der Waals surface area contributed by atoms with E-state index in [-0.39, 0.29) is 11.4 Å². The van der Waals surface area contributed by atoms with Gasteiger partial charge in [-0.3, -0.25) is 0 Å². The van der Waals surface area contributed by atoms with Gasteiger partial charge in [0.2, 0.25) is 10.0 Å². The molecule has 0 fully saturated rings. The summed E-state index contributed by atoms with van der Waals surface area (Å²) >= 11 is 3.10.